The molecule has 0 radical (unpaired) electrons. The second kappa shape index (κ2) is 8.47. The average Bonchev–Trinajstić information content (AvgIpc) is 2.78. The smallest absolute Gasteiger partial charge is 0.308 e. The molecule has 1 saturated heterocycles. The maximum Gasteiger partial charge on any atom is 0.416 e. The van der Waals surface area contributed by atoms with Crippen molar-refractivity contribution in [2.24, 2.45) is 0 Å². The molecule has 0 atom stereocenters. The number of hydrogen-bond acceptors (Lipinski definition) is 3. The van der Waals surface area contributed by atoms with E-state index in [4.69, 9.17) is 0 Å². The Balaban J connectivity index is 1.67. The van der Waals surface area contributed by atoms with Crippen molar-refractivity contribution in [1.82, 2.24) is 4.31 Å². The zero-order valence-corrected chi connectivity index (χ0v) is 18.0. The van der Waals surface area contributed by atoms with Crippen molar-refractivity contribution >= 4 is 21.6 Å². The zero-order valence-electron chi connectivity index (χ0n) is 17.2. The van der Waals surface area contributed by atoms with E-state index in [1.807, 2.05) is 0 Å². The number of amides is 1. The van der Waals surface area contributed by atoms with Gasteiger partial charge in [-0.2, -0.15) is 17.5 Å². The number of rotatable bonds is 3. The van der Waals surface area contributed by atoms with E-state index in [1.165, 1.54) is 21.3 Å². The Morgan fingerprint density at radius 2 is 1.62 bits per heavy atom. The molecule has 5 nitrogen and oxygen atoms in total. The summed E-state index contributed by atoms with van der Waals surface area (Å²) in [6.45, 7) is 0.852. The number of aryl methyl sites for hydroxylation is 1. The third-order valence-electron chi connectivity index (χ3n) is 5.88. The lowest BCUT2D eigenvalue weighted by molar-refractivity contribution is -0.137. The lowest BCUT2D eigenvalue weighted by Crippen LogP contribution is -2.37. The summed E-state index contributed by atoms with van der Waals surface area (Å²) in [7, 11) is -4.10. The van der Waals surface area contributed by atoms with Gasteiger partial charge in [-0.1, -0.05) is 6.42 Å². The molecule has 1 fully saturated rings. The summed E-state index contributed by atoms with van der Waals surface area (Å²) >= 11 is 0. The van der Waals surface area contributed by atoms with Gasteiger partial charge in [0.25, 0.3) is 5.91 Å². The van der Waals surface area contributed by atoms with Gasteiger partial charge in [0.2, 0.25) is 10.0 Å². The van der Waals surface area contributed by atoms with Crippen molar-refractivity contribution in [3.63, 3.8) is 0 Å². The van der Waals surface area contributed by atoms with Gasteiger partial charge >= 0.3 is 6.18 Å². The van der Waals surface area contributed by atoms with Gasteiger partial charge < -0.3 is 4.90 Å². The largest absolute Gasteiger partial charge is 0.416 e. The van der Waals surface area contributed by atoms with Crippen molar-refractivity contribution in [3.05, 3.63) is 58.9 Å². The highest BCUT2D eigenvalue weighted by Crippen LogP contribution is 2.36. The average molecular weight is 470 g/mol. The molecule has 0 saturated carbocycles. The third kappa shape index (κ3) is 4.25. The van der Waals surface area contributed by atoms with E-state index in [9.17, 15) is 30.8 Å². The SMILES string of the molecule is O=C(c1ccc(F)c(S(=O)(=O)N2CCCCC2)c1)N1CCCc2cc(C(F)(F)F)ccc21. The van der Waals surface area contributed by atoms with Gasteiger partial charge in [-0.25, -0.2) is 12.8 Å². The predicted molar refractivity (Wildman–Crippen MR) is 110 cm³/mol. The van der Waals surface area contributed by atoms with E-state index in [-0.39, 0.29) is 12.1 Å². The van der Waals surface area contributed by atoms with Crippen molar-refractivity contribution in [3.8, 4) is 0 Å². The number of piperidine rings is 1. The fraction of sp³-hybridized carbons (Fsp3) is 0.409. The molecule has 10 heteroatoms. The molecule has 2 heterocycles. The molecule has 1 amide bonds. The fourth-order valence-electron chi connectivity index (χ4n) is 4.22. The summed E-state index contributed by atoms with van der Waals surface area (Å²) in [5.41, 5.74) is -0.0846. The van der Waals surface area contributed by atoms with Crippen LogP contribution >= 0.6 is 0 Å². The molecule has 4 rings (SSSR count). The maximum absolute atomic E-state index is 14.5. The monoisotopic (exact) mass is 470 g/mol. The first-order chi connectivity index (χ1) is 15.1. The molecule has 2 aromatic carbocycles. The van der Waals surface area contributed by atoms with Crippen LogP contribution in [0.25, 0.3) is 0 Å². The van der Waals surface area contributed by atoms with E-state index < -0.39 is 38.4 Å². The molecule has 0 N–H and O–H groups in total. The van der Waals surface area contributed by atoms with Gasteiger partial charge in [-0.15, -0.1) is 0 Å². The minimum atomic E-state index is -4.49. The summed E-state index contributed by atoms with van der Waals surface area (Å²) in [6, 6.07) is 6.38. The third-order valence-corrected chi connectivity index (χ3v) is 7.80. The summed E-state index contributed by atoms with van der Waals surface area (Å²) < 4.78 is 80.7. The molecular formula is C22H22F4N2O3S. The van der Waals surface area contributed by atoms with Crippen LogP contribution in [0.15, 0.2) is 41.3 Å². The van der Waals surface area contributed by atoms with Gasteiger partial charge in [-0.05, 0) is 67.6 Å². The van der Waals surface area contributed by atoms with Crippen LogP contribution in [0, 0.1) is 5.82 Å². The Hall–Kier alpha value is -2.46. The zero-order chi connectivity index (χ0) is 23.1. The van der Waals surface area contributed by atoms with Crippen LogP contribution in [0.4, 0.5) is 23.2 Å². The van der Waals surface area contributed by atoms with E-state index in [2.05, 4.69) is 0 Å². The summed E-state index contributed by atoms with van der Waals surface area (Å²) in [4.78, 5) is 13.9. The first-order valence-electron chi connectivity index (χ1n) is 10.4. The Morgan fingerprint density at radius 3 is 2.31 bits per heavy atom. The van der Waals surface area contributed by atoms with Crippen LogP contribution in [0.3, 0.4) is 0 Å². The standard InChI is InChI=1S/C22H22F4N2O3S/c23-18-8-6-16(14-20(18)32(30,31)27-10-2-1-3-11-27)21(29)28-12-4-5-15-13-17(22(24,25)26)7-9-19(15)28/h6-9,13-14H,1-5,10-12H2. The van der Waals surface area contributed by atoms with Crippen molar-refractivity contribution in [2.45, 2.75) is 43.2 Å². The van der Waals surface area contributed by atoms with Gasteiger partial charge in [0.1, 0.15) is 10.7 Å². The first-order valence-corrected chi connectivity index (χ1v) is 11.8. The number of benzene rings is 2. The Morgan fingerprint density at radius 1 is 0.906 bits per heavy atom. The fourth-order valence-corrected chi connectivity index (χ4v) is 5.83. The Kier molecular flexibility index (Phi) is 6.02. The number of sulfonamides is 1. The molecule has 0 aliphatic carbocycles. The van der Waals surface area contributed by atoms with Crippen LogP contribution in [0.1, 0.15) is 47.2 Å². The number of fused-ring (bicyclic) bond motifs is 1. The van der Waals surface area contributed by atoms with Crippen molar-refractivity contribution < 1.29 is 30.8 Å². The van der Waals surface area contributed by atoms with E-state index >= 15 is 0 Å². The van der Waals surface area contributed by atoms with E-state index in [0.717, 1.165) is 30.7 Å². The van der Waals surface area contributed by atoms with Crippen LogP contribution in [-0.4, -0.2) is 38.3 Å². The minimum absolute atomic E-state index is 0.0327. The molecule has 0 bridgehead atoms. The van der Waals surface area contributed by atoms with Crippen LogP contribution in [0.5, 0.6) is 0 Å². The molecule has 0 aromatic heterocycles. The predicted octanol–water partition coefficient (Wildman–Crippen LogP) is 4.61. The highest BCUT2D eigenvalue weighted by Gasteiger charge is 2.34. The number of carbonyl (C=O) groups is 1. The topological polar surface area (TPSA) is 57.7 Å². The minimum Gasteiger partial charge on any atom is -0.308 e. The highest BCUT2D eigenvalue weighted by atomic mass is 32.2. The number of hydrogen-bond donors (Lipinski definition) is 0. The van der Waals surface area contributed by atoms with Crippen LogP contribution < -0.4 is 4.90 Å². The molecule has 2 aromatic rings. The molecule has 2 aliphatic heterocycles. The molecular weight excluding hydrogens is 448 g/mol. The molecule has 32 heavy (non-hydrogen) atoms. The van der Waals surface area contributed by atoms with Gasteiger partial charge in [0.15, 0.2) is 0 Å². The van der Waals surface area contributed by atoms with E-state index in [0.29, 0.717) is 50.0 Å². The lowest BCUT2D eigenvalue weighted by atomic mass is 9.98. The summed E-state index contributed by atoms with van der Waals surface area (Å²) in [6.07, 6.45) is -1.37. The highest BCUT2D eigenvalue weighted by molar-refractivity contribution is 7.89. The number of alkyl halides is 3. The Bertz CT molecular complexity index is 1140. The molecule has 172 valence electrons. The van der Waals surface area contributed by atoms with Crippen molar-refractivity contribution in [2.75, 3.05) is 24.5 Å². The van der Waals surface area contributed by atoms with Gasteiger partial charge in [0, 0.05) is 30.9 Å². The van der Waals surface area contributed by atoms with Crippen molar-refractivity contribution in [1.29, 1.82) is 0 Å². The summed E-state index contributed by atoms with van der Waals surface area (Å²) in [5, 5.41) is 0. The second-order valence-electron chi connectivity index (χ2n) is 8.01. The molecule has 2 aliphatic rings. The van der Waals surface area contributed by atoms with Crippen LogP contribution in [0.2, 0.25) is 0 Å². The van der Waals surface area contributed by atoms with Gasteiger partial charge in [0.05, 0.1) is 5.56 Å². The quantitative estimate of drug-likeness (QED) is 0.616. The number of anilines is 1. The maximum atomic E-state index is 14.5. The number of nitrogens with zero attached hydrogens (tertiary/aromatic N) is 2. The normalized spacial score (nSPS) is 17.8. The number of carbonyl (C=O) groups excluding carboxylic acids is 1. The van der Waals surface area contributed by atoms with Crippen LogP contribution in [-0.2, 0) is 22.6 Å². The molecule has 0 spiro atoms. The van der Waals surface area contributed by atoms with E-state index in [1.54, 1.807) is 0 Å². The Labute approximate surface area is 183 Å². The first kappa shape index (κ1) is 22.7. The second-order valence-corrected chi connectivity index (χ2v) is 9.92. The summed E-state index contributed by atoms with van der Waals surface area (Å²) in [5.74, 6) is -1.53. The lowest BCUT2D eigenvalue weighted by Gasteiger charge is -2.30. The number of halogens is 4. The molecule has 0 unspecified atom stereocenters. The van der Waals surface area contributed by atoms with Gasteiger partial charge in [-0.3, -0.25) is 4.79 Å².